The summed E-state index contributed by atoms with van der Waals surface area (Å²) in [4.78, 5) is 18.6. The van der Waals surface area contributed by atoms with Gasteiger partial charge in [-0.15, -0.1) is 24.0 Å². The zero-order chi connectivity index (χ0) is 16.6. The summed E-state index contributed by atoms with van der Waals surface area (Å²) in [7, 11) is 1.83. The summed E-state index contributed by atoms with van der Waals surface area (Å²) >= 11 is 0. The van der Waals surface area contributed by atoms with Gasteiger partial charge in [-0.05, 0) is 12.8 Å². The minimum Gasteiger partial charge on any atom is -0.374 e. The van der Waals surface area contributed by atoms with Crippen LogP contribution in [0.4, 0.5) is 0 Å². The topological polar surface area (TPSA) is 66.0 Å². The van der Waals surface area contributed by atoms with Crippen LogP contribution in [0.15, 0.2) is 4.99 Å². The highest BCUT2D eigenvalue weighted by molar-refractivity contribution is 14.0. The van der Waals surface area contributed by atoms with Gasteiger partial charge in [0.1, 0.15) is 0 Å². The first-order valence-corrected chi connectivity index (χ1v) is 8.79. The maximum absolute atomic E-state index is 11.9. The first-order valence-electron chi connectivity index (χ1n) is 8.79. The van der Waals surface area contributed by atoms with Gasteiger partial charge in [-0.25, -0.2) is 0 Å². The summed E-state index contributed by atoms with van der Waals surface area (Å²) in [6, 6.07) is 0. The number of amides is 1. The molecule has 0 spiro atoms. The van der Waals surface area contributed by atoms with Gasteiger partial charge in [0, 0.05) is 50.5 Å². The van der Waals surface area contributed by atoms with Crippen molar-refractivity contribution >= 4 is 35.8 Å². The first kappa shape index (κ1) is 19.8. The second-order valence-corrected chi connectivity index (χ2v) is 8.00. The molecule has 3 saturated heterocycles. The fourth-order valence-corrected chi connectivity index (χ4v) is 4.08. The molecule has 3 rings (SSSR count). The molecule has 0 aliphatic carbocycles. The average Bonchev–Trinajstić information content (AvgIpc) is 3.18. The van der Waals surface area contributed by atoms with E-state index >= 15 is 0 Å². The Morgan fingerprint density at radius 2 is 1.67 bits per heavy atom. The number of carbonyl (C=O) groups is 1. The van der Waals surface area contributed by atoms with Crippen LogP contribution in [0.3, 0.4) is 0 Å². The molecule has 7 heteroatoms. The largest absolute Gasteiger partial charge is 0.374 e. The molecule has 24 heavy (non-hydrogen) atoms. The number of ether oxygens (including phenoxy) is 1. The molecule has 2 N–H and O–H groups in total. The Morgan fingerprint density at radius 3 is 2.17 bits per heavy atom. The Labute approximate surface area is 162 Å². The molecule has 0 aromatic carbocycles. The van der Waals surface area contributed by atoms with E-state index in [2.05, 4.69) is 20.5 Å². The highest BCUT2D eigenvalue weighted by Gasteiger charge is 2.53. The van der Waals surface area contributed by atoms with Crippen LogP contribution >= 0.6 is 24.0 Å². The van der Waals surface area contributed by atoms with E-state index in [-0.39, 0.29) is 35.3 Å². The van der Waals surface area contributed by atoms with Crippen LogP contribution in [0.5, 0.6) is 0 Å². The third-order valence-electron chi connectivity index (χ3n) is 5.34. The molecular weight excluding hydrogens is 419 g/mol. The second-order valence-electron chi connectivity index (χ2n) is 8.00. The number of nitrogens with zero attached hydrogens (tertiary/aromatic N) is 2. The standard InChI is InChI=1S/C17H30N4O2.HI/c1-17(2,3)15(22)19-7-8-20-16(18-4)21-9-11-12(10-21)14-6-5-13(11)23-14;/h11-14H,5-10H2,1-4H3,(H,18,20)(H,19,22);1H. The van der Waals surface area contributed by atoms with E-state index in [9.17, 15) is 4.79 Å². The van der Waals surface area contributed by atoms with Crippen LogP contribution in [0.2, 0.25) is 0 Å². The molecule has 2 bridgehead atoms. The summed E-state index contributed by atoms with van der Waals surface area (Å²) in [5.41, 5.74) is -0.340. The van der Waals surface area contributed by atoms with Crippen molar-refractivity contribution in [3.63, 3.8) is 0 Å². The number of halogens is 1. The smallest absolute Gasteiger partial charge is 0.225 e. The van der Waals surface area contributed by atoms with Crippen molar-refractivity contribution in [2.24, 2.45) is 22.2 Å². The van der Waals surface area contributed by atoms with Crippen LogP contribution in [0.25, 0.3) is 0 Å². The van der Waals surface area contributed by atoms with E-state index in [4.69, 9.17) is 4.74 Å². The zero-order valence-corrected chi connectivity index (χ0v) is 17.5. The lowest BCUT2D eigenvalue weighted by Crippen LogP contribution is -2.45. The maximum Gasteiger partial charge on any atom is 0.225 e. The number of nitrogens with one attached hydrogen (secondary N) is 2. The molecule has 1 amide bonds. The Balaban J connectivity index is 0.00000208. The molecule has 0 saturated carbocycles. The van der Waals surface area contributed by atoms with Crippen molar-refractivity contribution in [1.82, 2.24) is 15.5 Å². The molecule has 6 nitrogen and oxygen atoms in total. The van der Waals surface area contributed by atoms with Gasteiger partial charge >= 0.3 is 0 Å². The normalized spacial score (nSPS) is 31.7. The highest BCUT2D eigenvalue weighted by Crippen LogP contribution is 2.47. The lowest BCUT2D eigenvalue weighted by atomic mass is 9.82. The highest BCUT2D eigenvalue weighted by atomic mass is 127. The van der Waals surface area contributed by atoms with Crippen molar-refractivity contribution in [3.05, 3.63) is 0 Å². The zero-order valence-electron chi connectivity index (χ0n) is 15.2. The van der Waals surface area contributed by atoms with Gasteiger partial charge < -0.3 is 20.3 Å². The Bertz CT molecular complexity index is 473. The predicted octanol–water partition coefficient (Wildman–Crippen LogP) is 1.45. The van der Waals surface area contributed by atoms with Crippen LogP contribution in [-0.4, -0.2) is 62.2 Å². The Hall–Kier alpha value is -0.570. The summed E-state index contributed by atoms with van der Waals surface area (Å²) in [5, 5.41) is 6.34. The van der Waals surface area contributed by atoms with Crippen molar-refractivity contribution in [1.29, 1.82) is 0 Å². The van der Waals surface area contributed by atoms with Gasteiger partial charge in [-0.1, -0.05) is 20.8 Å². The quantitative estimate of drug-likeness (QED) is 0.296. The van der Waals surface area contributed by atoms with E-state index in [0.29, 0.717) is 37.1 Å². The number of hydrogen-bond acceptors (Lipinski definition) is 3. The first-order chi connectivity index (χ1) is 10.9. The Kier molecular flexibility index (Phi) is 6.39. The maximum atomic E-state index is 11.9. The molecule has 0 aromatic rings. The van der Waals surface area contributed by atoms with E-state index < -0.39 is 0 Å². The van der Waals surface area contributed by atoms with E-state index in [0.717, 1.165) is 19.0 Å². The van der Waals surface area contributed by atoms with Crippen molar-refractivity contribution < 1.29 is 9.53 Å². The molecule has 3 heterocycles. The van der Waals surface area contributed by atoms with Crippen LogP contribution in [0.1, 0.15) is 33.6 Å². The van der Waals surface area contributed by atoms with Gasteiger partial charge in [0.05, 0.1) is 12.2 Å². The minimum atomic E-state index is -0.340. The third kappa shape index (κ3) is 3.98. The van der Waals surface area contributed by atoms with Crippen molar-refractivity contribution in [3.8, 4) is 0 Å². The SMILES string of the molecule is CN=C(NCCNC(=O)C(C)(C)C)N1CC2C3CCC(O3)C2C1.I. The van der Waals surface area contributed by atoms with Crippen molar-refractivity contribution in [2.75, 3.05) is 33.2 Å². The summed E-state index contributed by atoms with van der Waals surface area (Å²) in [6.45, 7) is 9.17. The third-order valence-corrected chi connectivity index (χ3v) is 5.34. The molecular formula is C17H31IN4O2. The number of rotatable bonds is 3. The van der Waals surface area contributed by atoms with E-state index in [1.54, 1.807) is 0 Å². The lowest BCUT2D eigenvalue weighted by molar-refractivity contribution is -0.128. The molecule has 0 radical (unpaired) electrons. The Morgan fingerprint density at radius 1 is 1.12 bits per heavy atom. The lowest BCUT2D eigenvalue weighted by Gasteiger charge is -2.24. The molecule has 3 fully saturated rings. The molecule has 4 atom stereocenters. The number of likely N-dealkylation sites (tertiary alicyclic amines) is 1. The van der Waals surface area contributed by atoms with Crippen LogP contribution < -0.4 is 10.6 Å². The minimum absolute atomic E-state index is 0. The van der Waals surface area contributed by atoms with Gasteiger partial charge in [0.2, 0.25) is 5.91 Å². The number of aliphatic imine (C=N–C) groups is 1. The molecule has 3 aliphatic rings. The number of carbonyl (C=O) groups excluding carboxylic acids is 1. The van der Waals surface area contributed by atoms with E-state index in [1.807, 2.05) is 27.8 Å². The number of guanidine groups is 1. The monoisotopic (exact) mass is 450 g/mol. The summed E-state index contributed by atoms with van der Waals surface area (Å²) < 4.78 is 6.02. The fourth-order valence-electron chi connectivity index (χ4n) is 4.08. The molecule has 4 unspecified atom stereocenters. The fraction of sp³-hybridized carbons (Fsp3) is 0.882. The molecule has 138 valence electrons. The number of fused-ring (bicyclic) bond motifs is 5. The average molecular weight is 450 g/mol. The van der Waals surface area contributed by atoms with Crippen LogP contribution in [0, 0.1) is 17.3 Å². The van der Waals surface area contributed by atoms with Gasteiger partial charge in [-0.3, -0.25) is 9.79 Å². The summed E-state index contributed by atoms with van der Waals surface area (Å²) in [5.74, 6) is 2.38. The summed E-state index contributed by atoms with van der Waals surface area (Å²) in [6.07, 6.45) is 3.40. The van der Waals surface area contributed by atoms with Crippen LogP contribution in [-0.2, 0) is 9.53 Å². The van der Waals surface area contributed by atoms with Crippen molar-refractivity contribution in [2.45, 2.75) is 45.8 Å². The van der Waals surface area contributed by atoms with Gasteiger partial charge in [0.25, 0.3) is 0 Å². The second kappa shape index (κ2) is 7.76. The number of hydrogen-bond donors (Lipinski definition) is 2. The van der Waals surface area contributed by atoms with Gasteiger partial charge in [0.15, 0.2) is 5.96 Å². The van der Waals surface area contributed by atoms with E-state index in [1.165, 1.54) is 12.8 Å². The molecule has 3 aliphatic heterocycles. The predicted molar refractivity (Wildman–Crippen MR) is 106 cm³/mol. The van der Waals surface area contributed by atoms with Gasteiger partial charge in [-0.2, -0.15) is 0 Å². The molecule has 0 aromatic heterocycles.